The van der Waals surface area contributed by atoms with Gasteiger partial charge in [0.15, 0.2) is 6.29 Å². The Balaban J connectivity index is 2.29. The molecule has 0 aliphatic rings. The zero-order valence-electron chi connectivity index (χ0n) is 12.9. The lowest BCUT2D eigenvalue weighted by molar-refractivity contribution is -0.137. The highest BCUT2D eigenvalue weighted by atomic mass is 19.4. The molecule has 5 heteroatoms. The van der Waals surface area contributed by atoms with Crippen LogP contribution in [-0.4, -0.2) is 12.9 Å². The van der Waals surface area contributed by atoms with E-state index in [-0.39, 0.29) is 5.56 Å². The maximum atomic E-state index is 12.7. The van der Waals surface area contributed by atoms with Gasteiger partial charge in [-0.1, -0.05) is 32.0 Å². The molecule has 122 valence electrons. The first-order valence-electron chi connectivity index (χ1n) is 7.21. The fourth-order valence-electron chi connectivity index (χ4n) is 2.09. The van der Waals surface area contributed by atoms with E-state index in [2.05, 4.69) is 0 Å². The topological polar surface area (TPSA) is 26.3 Å². The van der Waals surface area contributed by atoms with Crippen LogP contribution in [0.5, 0.6) is 5.75 Å². The van der Waals surface area contributed by atoms with Crippen LogP contribution in [0.3, 0.4) is 0 Å². The Hall–Kier alpha value is -2.30. The van der Waals surface area contributed by atoms with Gasteiger partial charge in [0.05, 0.1) is 12.2 Å². The van der Waals surface area contributed by atoms with Crippen LogP contribution in [0.2, 0.25) is 0 Å². The highest BCUT2D eigenvalue weighted by Gasteiger charge is 2.31. The summed E-state index contributed by atoms with van der Waals surface area (Å²) in [5.74, 6) is 1.08. The molecule has 0 aliphatic carbocycles. The summed E-state index contributed by atoms with van der Waals surface area (Å²) < 4.78 is 43.7. The van der Waals surface area contributed by atoms with Gasteiger partial charge in [-0.05, 0) is 41.3 Å². The molecule has 0 fully saturated rings. The smallest absolute Gasteiger partial charge is 0.416 e. The van der Waals surface area contributed by atoms with E-state index in [4.69, 9.17) is 4.74 Å². The van der Waals surface area contributed by atoms with Crippen LogP contribution in [0.1, 0.15) is 29.8 Å². The molecule has 2 aromatic rings. The summed E-state index contributed by atoms with van der Waals surface area (Å²) in [5, 5.41) is 0. The van der Waals surface area contributed by atoms with Crippen molar-refractivity contribution in [3.05, 3.63) is 53.6 Å². The van der Waals surface area contributed by atoms with Crippen LogP contribution >= 0.6 is 0 Å². The molecule has 0 amide bonds. The predicted octanol–water partition coefficient (Wildman–Crippen LogP) is 5.22. The summed E-state index contributed by atoms with van der Waals surface area (Å²) in [6.45, 7) is 4.65. The number of benzene rings is 2. The van der Waals surface area contributed by atoms with Crippen molar-refractivity contribution >= 4 is 6.29 Å². The van der Waals surface area contributed by atoms with Gasteiger partial charge >= 0.3 is 6.18 Å². The Bertz CT molecular complexity index is 674. The van der Waals surface area contributed by atoms with E-state index in [1.165, 1.54) is 6.07 Å². The fraction of sp³-hybridized carbons (Fsp3) is 0.278. The van der Waals surface area contributed by atoms with Crippen LogP contribution in [0, 0.1) is 5.92 Å². The number of rotatable bonds is 5. The third-order valence-corrected chi connectivity index (χ3v) is 3.25. The number of hydrogen-bond donors (Lipinski definition) is 0. The van der Waals surface area contributed by atoms with E-state index in [1.54, 1.807) is 24.3 Å². The molecule has 0 unspecified atom stereocenters. The molecule has 0 saturated carbocycles. The van der Waals surface area contributed by atoms with Crippen LogP contribution in [0.15, 0.2) is 42.5 Å². The lowest BCUT2D eigenvalue weighted by Gasteiger charge is -2.12. The number of ether oxygens (including phenoxy) is 1. The molecule has 0 radical (unpaired) electrons. The van der Waals surface area contributed by atoms with E-state index >= 15 is 0 Å². The van der Waals surface area contributed by atoms with Crippen LogP contribution in [0.4, 0.5) is 13.2 Å². The van der Waals surface area contributed by atoms with E-state index in [1.807, 2.05) is 13.8 Å². The molecular weight excluding hydrogens is 305 g/mol. The van der Waals surface area contributed by atoms with Crippen molar-refractivity contribution in [2.24, 2.45) is 5.92 Å². The maximum Gasteiger partial charge on any atom is 0.416 e. The van der Waals surface area contributed by atoms with E-state index in [9.17, 15) is 18.0 Å². The third kappa shape index (κ3) is 4.34. The first kappa shape index (κ1) is 17.1. The largest absolute Gasteiger partial charge is 0.493 e. The molecule has 0 atom stereocenters. The number of aldehydes is 1. The molecule has 0 saturated heterocycles. The highest BCUT2D eigenvalue weighted by molar-refractivity contribution is 5.88. The van der Waals surface area contributed by atoms with E-state index in [0.29, 0.717) is 35.7 Å². The Morgan fingerprint density at radius 1 is 1.09 bits per heavy atom. The quantitative estimate of drug-likeness (QED) is 0.706. The average molecular weight is 322 g/mol. The SMILES string of the molecule is CC(C)COc1ccc(-c2ccc(C(F)(F)F)cc2C=O)cc1. The van der Waals surface area contributed by atoms with Gasteiger partial charge in [-0.15, -0.1) is 0 Å². The third-order valence-electron chi connectivity index (χ3n) is 3.25. The molecule has 0 aliphatic heterocycles. The first-order valence-corrected chi connectivity index (χ1v) is 7.21. The number of halogens is 3. The molecule has 2 rings (SSSR count). The van der Waals surface area contributed by atoms with Crippen LogP contribution in [0.25, 0.3) is 11.1 Å². The van der Waals surface area contributed by atoms with Crippen molar-refractivity contribution in [3.8, 4) is 16.9 Å². The molecule has 2 aromatic carbocycles. The molecule has 0 aromatic heterocycles. The van der Waals surface area contributed by atoms with Gasteiger partial charge in [0, 0.05) is 5.56 Å². The molecule has 23 heavy (non-hydrogen) atoms. The Labute approximate surface area is 132 Å². The highest BCUT2D eigenvalue weighted by Crippen LogP contribution is 2.33. The zero-order chi connectivity index (χ0) is 17.0. The molecule has 0 N–H and O–H groups in total. The lowest BCUT2D eigenvalue weighted by atomic mass is 9.98. The first-order chi connectivity index (χ1) is 10.8. The van der Waals surface area contributed by atoms with Gasteiger partial charge in [-0.2, -0.15) is 13.2 Å². The average Bonchev–Trinajstić information content (AvgIpc) is 2.52. The summed E-state index contributed by atoms with van der Waals surface area (Å²) in [6, 6.07) is 10.1. The maximum absolute atomic E-state index is 12.7. The standard InChI is InChI=1S/C18H17F3O2/c1-12(2)11-23-16-6-3-13(4-7-16)17-8-5-15(18(19,20)21)9-14(17)10-22/h3-10,12H,11H2,1-2H3. The zero-order valence-corrected chi connectivity index (χ0v) is 12.9. The van der Waals surface area contributed by atoms with Crippen molar-refractivity contribution < 1.29 is 22.7 Å². The minimum atomic E-state index is -4.47. The van der Waals surface area contributed by atoms with Gasteiger partial charge in [0.1, 0.15) is 5.75 Å². The predicted molar refractivity (Wildman–Crippen MR) is 82.6 cm³/mol. The number of carbonyl (C=O) groups is 1. The van der Waals surface area contributed by atoms with Crippen LogP contribution in [-0.2, 0) is 6.18 Å². The minimum absolute atomic E-state index is 0.00988. The van der Waals surface area contributed by atoms with Gasteiger partial charge < -0.3 is 4.74 Å². The van der Waals surface area contributed by atoms with Crippen molar-refractivity contribution in [1.29, 1.82) is 0 Å². The normalized spacial score (nSPS) is 11.6. The fourth-order valence-corrected chi connectivity index (χ4v) is 2.09. The Morgan fingerprint density at radius 2 is 1.74 bits per heavy atom. The van der Waals surface area contributed by atoms with E-state index in [0.717, 1.165) is 12.1 Å². The summed E-state index contributed by atoms with van der Waals surface area (Å²) >= 11 is 0. The molecular formula is C18H17F3O2. The van der Waals surface area contributed by atoms with Crippen molar-refractivity contribution in [3.63, 3.8) is 0 Å². The van der Waals surface area contributed by atoms with Gasteiger partial charge in [0.2, 0.25) is 0 Å². The van der Waals surface area contributed by atoms with Gasteiger partial charge in [0.25, 0.3) is 0 Å². The van der Waals surface area contributed by atoms with Gasteiger partial charge in [-0.25, -0.2) is 0 Å². The molecule has 0 bridgehead atoms. The van der Waals surface area contributed by atoms with Crippen molar-refractivity contribution in [2.45, 2.75) is 20.0 Å². The summed E-state index contributed by atoms with van der Waals surface area (Å²) in [5.41, 5.74) is 0.303. The number of carbonyl (C=O) groups excluding carboxylic acids is 1. The number of alkyl halides is 3. The Morgan fingerprint density at radius 3 is 2.26 bits per heavy atom. The van der Waals surface area contributed by atoms with Crippen LogP contribution < -0.4 is 4.74 Å². The molecule has 0 spiro atoms. The monoisotopic (exact) mass is 322 g/mol. The summed E-state index contributed by atoms with van der Waals surface area (Å²) in [6.07, 6.45) is -4.03. The van der Waals surface area contributed by atoms with E-state index < -0.39 is 11.7 Å². The number of hydrogen-bond acceptors (Lipinski definition) is 2. The van der Waals surface area contributed by atoms with Gasteiger partial charge in [-0.3, -0.25) is 4.79 Å². The second-order valence-corrected chi connectivity index (χ2v) is 5.65. The lowest BCUT2D eigenvalue weighted by Crippen LogP contribution is -2.06. The second-order valence-electron chi connectivity index (χ2n) is 5.65. The summed E-state index contributed by atoms with van der Waals surface area (Å²) in [7, 11) is 0. The second kappa shape index (κ2) is 6.86. The van der Waals surface area contributed by atoms with Crippen molar-refractivity contribution in [1.82, 2.24) is 0 Å². The van der Waals surface area contributed by atoms with Crippen molar-refractivity contribution in [2.75, 3.05) is 6.61 Å². The molecule has 0 heterocycles. The Kier molecular flexibility index (Phi) is 5.08. The summed E-state index contributed by atoms with van der Waals surface area (Å²) in [4.78, 5) is 11.1. The minimum Gasteiger partial charge on any atom is -0.493 e. The molecule has 2 nitrogen and oxygen atoms in total.